The largest absolute Gasteiger partial charge is 0.331 e. The van der Waals surface area contributed by atoms with Crippen molar-refractivity contribution in [3.63, 3.8) is 0 Å². The number of aliphatic imine (C=N–C) groups is 2. The number of amides is 1. The summed E-state index contributed by atoms with van der Waals surface area (Å²) in [5, 5.41) is 3.65. The van der Waals surface area contributed by atoms with Crippen molar-refractivity contribution in [1.82, 2.24) is 10.3 Å². The molecule has 3 aromatic rings. The Morgan fingerprint density at radius 1 is 1.16 bits per heavy atom. The van der Waals surface area contributed by atoms with Crippen molar-refractivity contribution in [2.45, 2.75) is 6.17 Å². The van der Waals surface area contributed by atoms with Crippen LogP contribution in [0.4, 0.5) is 5.69 Å². The number of carbonyl (C=O) groups is 1. The SMILES string of the molecule is CN1C(=O)C(NC(=S)/N=C/c2ccccn2)N=C(c2ccccc2)c2cc(Cl)ccc21. The fourth-order valence-electron chi connectivity index (χ4n) is 3.20. The Bertz CT molecular complexity index is 1180. The van der Waals surface area contributed by atoms with Crippen LogP contribution in [0.25, 0.3) is 0 Å². The zero-order chi connectivity index (χ0) is 21.8. The molecular formula is C23H18ClN5OS. The van der Waals surface area contributed by atoms with Crippen LogP contribution in [-0.4, -0.2) is 41.1 Å². The Morgan fingerprint density at radius 2 is 1.94 bits per heavy atom. The maximum Gasteiger partial charge on any atom is 0.272 e. The molecule has 2 aromatic carbocycles. The van der Waals surface area contributed by atoms with E-state index in [1.165, 1.54) is 6.21 Å². The summed E-state index contributed by atoms with van der Waals surface area (Å²) in [6.45, 7) is 0. The van der Waals surface area contributed by atoms with Gasteiger partial charge in [-0.25, -0.2) is 9.98 Å². The lowest BCUT2D eigenvalue weighted by Crippen LogP contribution is -2.45. The second-order valence-corrected chi connectivity index (χ2v) is 7.59. The van der Waals surface area contributed by atoms with Gasteiger partial charge >= 0.3 is 0 Å². The molecule has 1 aromatic heterocycles. The van der Waals surface area contributed by atoms with Crippen molar-refractivity contribution in [2.24, 2.45) is 9.98 Å². The van der Waals surface area contributed by atoms with E-state index in [2.05, 4.69) is 15.3 Å². The van der Waals surface area contributed by atoms with Gasteiger partial charge in [0.05, 0.1) is 23.3 Å². The molecule has 6 nitrogen and oxygen atoms in total. The number of nitrogens with one attached hydrogen (secondary N) is 1. The van der Waals surface area contributed by atoms with Crippen LogP contribution in [0.1, 0.15) is 16.8 Å². The van der Waals surface area contributed by atoms with E-state index in [4.69, 9.17) is 28.8 Å². The summed E-state index contributed by atoms with van der Waals surface area (Å²) >= 11 is 11.6. The van der Waals surface area contributed by atoms with Gasteiger partial charge in [0, 0.05) is 29.4 Å². The van der Waals surface area contributed by atoms with Crippen LogP contribution in [0.5, 0.6) is 0 Å². The first-order valence-electron chi connectivity index (χ1n) is 9.49. The normalized spacial score (nSPS) is 15.9. The highest BCUT2D eigenvalue weighted by Gasteiger charge is 2.30. The molecule has 0 saturated carbocycles. The number of anilines is 1. The number of aromatic nitrogens is 1. The van der Waals surface area contributed by atoms with Crippen LogP contribution in [0.2, 0.25) is 5.02 Å². The van der Waals surface area contributed by atoms with Gasteiger partial charge in [-0.1, -0.05) is 48.0 Å². The van der Waals surface area contributed by atoms with Crippen molar-refractivity contribution >= 4 is 52.5 Å². The van der Waals surface area contributed by atoms with Crippen molar-refractivity contribution in [3.05, 3.63) is 94.8 Å². The standard InChI is InChI=1S/C23H18ClN5OS/c1-29-19-11-10-16(24)13-18(19)20(15-7-3-2-4-8-15)27-21(22(29)30)28-23(31)26-14-17-9-5-6-12-25-17/h2-14,21H,1H3,(H,28,31)/b26-14+. The van der Waals surface area contributed by atoms with E-state index in [1.807, 2.05) is 60.7 Å². The number of fused-ring (bicyclic) bond motifs is 1. The average Bonchev–Trinajstić information content (AvgIpc) is 2.89. The summed E-state index contributed by atoms with van der Waals surface area (Å²) in [5.41, 5.74) is 3.64. The molecule has 1 aliphatic rings. The Morgan fingerprint density at radius 3 is 2.68 bits per heavy atom. The molecule has 1 aliphatic heterocycles. The molecule has 2 heterocycles. The van der Waals surface area contributed by atoms with E-state index in [0.29, 0.717) is 22.1 Å². The maximum absolute atomic E-state index is 13.2. The van der Waals surface area contributed by atoms with E-state index < -0.39 is 6.17 Å². The molecule has 0 aliphatic carbocycles. The summed E-state index contributed by atoms with van der Waals surface area (Å²) < 4.78 is 0. The molecule has 1 unspecified atom stereocenters. The number of carbonyl (C=O) groups excluding carboxylic acids is 1. The smallest absolute Gasteiger partial charge is 0.272 e. The van der Waals surface area contributed by atoms with Crippen LogP contribution in [0.15, 0.2) is 82.9 Å². The minimum Gasteiger partial charge on any atom is -0.331 e. The van der Waals surface area contributed by atoms with E-state index in [-0.39, 0.29) is 11.0 Å². The van der Waals surface area contributed by atoms with Gasteiger partial charge in [-0.15, -0.1) is 0 Å². The molecule has 0 bridgehead atoms. The topological polar surface area (TPSA) is 70.0 Å². The van der Waals surface area contributed by atoms with Crippen molar-refractivity contribution in [3.8, 4) is 0 Å². The number of benzodiazepines with no additional fused rings is 1. The number of rotatable bonds is 3. The van der Waals surface area contributed by atoms with E-state index in [0.717, 1.165) is 11.1 Å². The van der Waals surface area contributed by atoms with Crippen molar-refractivity contribution in [2.75, 3.05) is 11.9 Å². The minimum atomic E-state index is -0.945. The van der Waals surface area contributed by atoms with Gasteiger partial charge in [0.1, 0.15) is 0 Å². The second kappa shape index (κ2) is 9.16. The number of thiocarbonyl (C=S) groups is 1. The van der Waals surface area contributed by atoms with Gasteiger partial charge in [-0.05, 0) is 42.5 Å². The fourth-order valence-corrected chi connectivity index (χ4v) is 3.53. The fraction of sp³-hybridized carbons (Fsp3) is 0.0870. The Kier molecular flexibility index (Phi) is 6.16. The third-order valence-electron chi connectivity index (χ3n) is 4.71. The van der Waals surface area contributed by atoms with Gasteiger partial charge in [-0.3, -0.25) is 9.78 Å². The molecule has 1 N–H and O–H groups in total. The summed E-state index contributed by atoms with van der Waals surface area (Å²) in [5.74, 6) is -0.259. The third kappa shape index (κ3) is 4.68. The molecular weight excluding hydrogens is 430 g/mol. The van der Waals surface area contributed by atoms with Gasteiger partial charge in [0.2, 0.25) is 6.17 Å². The highest BCUT2D eigenvalue weighted by atomic mass is 35.5. The number of pyridine rings is 1. The molecule has 0 saturated heterocycles. The Labute approximate surface area is 190 Å². The summed E-state index contributed by atoms with van der Waals surface area (Å²) in [7, 11) is 1.70. The van der Waals surface area contributed by atoms with E-state index >= 15 is 0 Å². The van der Waals surface area contributed by atoms with E-state index in [1.54, 1.807) is 24.2 Å². The summed E-state index contributed by atoms with van der Waals surface area (Å²) in [6.07, 6.45) is 2.26. The third-order valence-corrected chi connectivity index (χ3v) is 5.17. The molecule has 8 heteroatoms. The molecule has 154 valence electrons. The maximum atomic E-state index is 13.2. The molecule has 0 spiro atoms. The van der Waals surface area contributed by atoms with E-state index in [9.17, 15) is 4.79 Å². The monoisotopic (exact) mass is 447 g/mol. The van der Waals surface area contributed by atoms with Crippen LogP contribution < -0.4 is 10.2 Å². The van der Waals surface area contributed by atoms with Gasteiger partial charge in [-0.2, -0.15) is 0 Å². The molecule has 1 atom stereocenters. The Balaban J connectivity index is 1.71. The lowest BCUT2D eigenvalue weighted by Gasteiger charge is -2.21. The number of hydrogen-bond donors (Lipinski definition) is 1. The first-order chi connectivity index (χ1) is 15.0. The zero-order valence-corrected chi connectivity index (χ0v) is 18.1. The summed E-state index contributed by atoms with van der Waals surface area (Å²) in [4.78, 5) is 27.8. The second-order valence-electron chi connectivity index (χ2n) is 6.77. The molecule has 0 fully saturated rings. The highest BCUT2D eigenvalue weighted by Crippen LogP contribution is 2.29. The van der Waals surface area contributed by atoms with Gasteiger partial charge < -0.3 is 10.2 Å². The summed E-state index contributed by atoms with van der Waals surface area (Å²) in [6, 6.07) is 20.5. The van der Waals surface area contributed by atoms with Crippen LogP contribution >= 0.6 is 23.8 Å². The predicted molar refractivity (Wildman–Crippen MR) is 128 cm³/mol. The number of nitrogens with zero attached hydrogens (tertiary/aromatic N) is 4. The predicted octanol–water partition coefficient (Wildman–Crippen LogP) is 3.87. The molecule has 0 radical (unpaired) electrons. The lowest BCUT2D eigenvalue weighted by molar-refractivity contribution is -0.119. The molecule has 1 amide bonds. The number of halogens is 1. The van der Waals surface area contributed by atoms with Gasteiger partial charge in [0.25, 0.3) is 5.91 Å². The zero-order valence-electron chi connectivity index (χ0n) is 16.6. The Hall–Kier alpha value is -3.42. The number of likely N-dealkylation sites (N-methyl/N-ethyl adjacent to an activating group) is 1. The van der Waals surface area contributed by atoms with Crippen LogP contribution in [0, 0.1) is 0 Å². The first kappa shape index (κ1) is 20.8. The molecule has 4 rings (SSSR count). The lowest BCUT2D eigenvalue weighted by atomic mass is 10.0. The van der Waals surface area contributed by atoms with Crippen molar-refractivity contribution < 1.29 is 4.79 Å². The van der Waals surface area contributed by atoms with Gasteiger partial charge in [0.15, 0.2) is 5.11 Å². The number of hydrogen-bond acceptors (Lipinski definition) is 4. The highest BCUT2D eigenvalue weighted by molar-refractivity contribution is 7.80. The quantitative estimate of drug-likeness (QED) is 0.488. The van der Waals surface area contributed by atoms with Crippen LogP contribution in [0.3, 0.4) is 0 Å². The number of benzene rings is 2. The average molecular weight is 448 g/mol. The first-order valence-corrected chi connectivity index (χ1v) is 10.3. The van der Waals surface area contributed by atoms with Crippen LogP contribution in [-0.2, 0) is 4.79 Å². The minimum absolute atomic E-state index is 0.137. The van der Waals surface area contributed by atoms with Crippen molar-refractivity contribution in [1.29, 1.82) is 0 Å². The molecule has 31 heavy (non-hydrogen) atoms.